The van der Waals surface area contributed by atoms with Gasteiger partial charge in [-0.25, -0.2) is 4.98 Å². The van der Waals surface area contributed by atoms with E-state index in [2.05, 4.69) is 71.8 Å². The number of nitriles is 1. The van der Waals surface area contributed by atoms with E-state index in [0.29, 0.717) is 5.01 Å². The predicted molar refractivity (Wildman–Crippen MR) is 113 cm³/mol. The molecule has 0 fully saturated rings. The fraction of sp³-hybridized carbons (Fsp3) is 0.227. The first-order valence-electron chi connectivity index (χ1n) is 8.88. The Labute approximate surface area is 164 Å². The monoisotopic (exact) mass is 374 g/mol. The molecule has 136 valence electrons. The average molecular weight is 375 g/mol. The molecule has 0 saturated carbocycles. The summed E-state index contributed by atoms with van der Waals surface area (Å²) in [6.07, 6.45) is 1.01. The zero-order valence-corrected chi connectivity index (χ0v) is 16.8. The highest BCUT2D eigenvalue weighted by Gasteiger charge is 2.11. The van der Waals surface area contributed by atoms with Gasteiger partial charge in [-0.15, -0.1) is 11.3 Å². The molecule has 4 nitrogen and oxygen atoms in total. The van der Waals surface area contributed by atoms with Crippen molar-refractivity contribution in [3.63, 3.8) is 0 Å². The van der Waals surface area contributed by atoms with E-state index in [1.807, 2.05) is 19.2 Å². The van der Waals surface area contributed by atoms with E-state index in [9.17, 15) is 5.26 Å². The van der Waals surface area contributed by atoms with Gasteiger partial charge < -0.3 is 0 Å². The third kappa shape index (κ3) is 4.24. The minimum absolute atomic E-state index is 0.288. The number of nitrogens with zero attached hydrogens (tertiary/aromatic N) is 3. The number of aryl methyl sites for hydroxylation is 4. The minimum Gasteiger partial charge on any atom is -0.277 e. The molecule has 2 aromatic carbocycles. The number of anilines is 1. The Morgan fingerprint density at radius 3 is 2.41 bits per heavy atom. The van der Waals surface area contributed by atoms with Crippen LogP contribution in [0.1, 0.15) is 34.2 Å². The van der Waals surface area contributed by atoms with E-state index >= 15 is 0 Å². The summed E-state index contributed by atoms with van der Waals surface area (Å²) in [6, 6.07) is 14.7. The van der Waals surface area contributed by atoms with E-state index in [-0.39, 0.29) is 5.71 Å². The molecule has 0 spiro atoms. The van der Waals surface area contributed by atoms with Gasteiger partial charge in [-0.1, -0.05) is 48.9 Å². The summed E-state index contributed by atoms with van der Waals surface area (Å²) in [5.41, 5.74) is 10.9. The highest BCUT2D eigenvalue weighted by Crippen LogP contribution is 2.24. The highest BCUT2D eigenvalue weighted by atomic mass is 32.1. The lowest BCUT2D eigenvalue weighted by atomic mass is 10.1. The lowest BCUT2D eigenvalue weighted by Gasteiger charge is -2.10. The maximum atomic E-state index is 9.53. The summed E-state index contributed by atoms with van der Waals surface area (Å²) in [4.78, 5) is 4.60. The summed E-state index contributed by atoms with van der Waals surface area (Å²) < 4.78 is 0. The molecule has 0 atom stereocenters. The lowest BCUT2D eigenvalue weighted by molar-refractivity contribution is 1.14. The number of thiazole rings is 1. The molecule has 3 aromatic rings. The zero-order valence-electron chi connectivity index (χ0n) is 16.0. The van der Waals surface area contributed by atoms with Gasteiger partial charge in [-0.3, -0.25) is 5.43 Å². The Morgan fingerprint density at radius 1 is 1.15 bits per heavy atom. The number of hydrogen-bond acceptors (Lipinski definition) is 5. The molecule has 5 heteroatoms. The quantitative estimate of drug-likeness (QED) is 0.464. The van der Waals surface area contributed by atoms with Crippen LogP contribution in [-0.2, 0) is 6.42 Å². The van der Waals surface area contributed by atoms with Crippen molar-refractivity contribution in [2.75, 3.05) is 5.43 Å². The van der Waals surface area contributed by atoms with Crippen LogP contribution in [-0.4, -0.2) is 10.7 Å². The Hall–Kier alpha value is -2.97. The normalized spacial score (nSPS) is 11.3. The Morgan fingerprint density at radius 2 is 1.81 bits per heavy atom. The Bertz CT molecular complexity index is 1000. The van der Waals surface area contributed by atoms with Crippen LogP contribution in [0, 0.1) is 32.1 Å². The summed E-state index contributed by atoms with van der Waals surface area (Å²) in [5, 5.41) is 16.4. The summed E-state index contributed by atoms with van der Waals surface area (Å²) in [5.74, 6) is 0. The smallest absolute Gasteiger partial charge is 0.196 e. The molecule has 0 radical (unpaired) electrons. The largest absolute Gasteiger partial charge is 0.277 e. The minimum atomic E-state index is 0.288. The molecule has 27 heavy (non-hydrogen) atoms. The standard InChI is InChI=1S/C22H22N4S/c1-5-17-6-8-18(9-7-17)20-13-27-22(24-20)19(12-23)25-26-21-15(3)10-14(2)11-16(21)4/h6-11,13,26H,5H2,1-4H3/b25-19-. The third-order valence-electron chi connectivity index (χ3n) is 4.43. The maximum Gasteiger partial charge on any atom is 0.196 e. The van der Waals surface area contributed by atoms with Gasteiger partial charge in [0, 0.05) is 10.9 Å². The van der Waals surface area contributed by atoms with E-state index in [4.69, 9.17) is 0 Å². The second-order valence-corrected chi connectivity index (χ2v) is 7.40. The van der Waals surface area contributed by atoms with E-state index in [1.54, 1.807) is 0 Å². The first-order valence-corrected chi connectivity index (χ1v) is 9.76. The molecule has 1 N–H and O–H groups in total. The number of aromatic nitrogens is 1. The summed E-state index contributed by atoms with van der Waals surface area (Å²) in [6.45, 7) is 8.27. The molecule has 0 aliphatic rings. The molecule has 0 aliphatic heterocycles. The van der Waals surface area contributed by atoms with E-state index in [1.165, 1.54) is 22.5 Å². The first kappa shape index (κ1) is 18.8. The van der Waals surface area contributed by atoms with Gasteiger partial charge in [0.2, 0.25) is 0 Å². The van der Waals surface area contributed by atoms with Crippen molar-refractivity contribution < 1.29 is 0 Å². The van der Waals surface area contributed by atoms with Crippen molar-refractivity contribution in [2.45, 2.75) is 34.1 Å². The molecule has 0 amide bonds. The predicted octanol–water partition coefficient (Wildman–Crippen LogP) is 5.64. The number of nitrogens with one attached hydrogen (secondary N) is 1. The van der Waals surface area contributed by atoms with Crippen LogP contribution in [0.4, 0.5) is 5.69 Å². The van der Waals surface area contributed by atoms with Crippen LogP contribution in [0.5, 0.6) is 0 Å². The van der Waals surface area contributed by atoms with E-state index < -0.39 is 0 Å². The summed E-state index contributed by atoms with van der Waals surface area (Å²) in [7, 11) is 0. The first-order chi connectivity index (χ1) is 13.0. The second-order valence-electron chi connectivity index (χ2n) is 6.55. The van der Waals surface area contributed by atoms with Crippen molar-refractivity contribution in [1.29, 1.82) is 5.26 Å². The van der Waals surface area contributed by atoms with Crippen molar-refractivity contribution in [3.05, 3.63) is 69.0 Å². The fourth-order valence-electron chi connectivity index (χ4n) is 3.02. The molecule has 1 aromatic heterocycles. The average Bonchev–Trinajstić information content (AvgIpc) is 3.14. The van der Waals surface area contributed by atoms with Gasteiger partial charge in [0.05, 0.1) is 11.4 Å². The van der Waals surface area contributed by atoms with Gasteiger partial charge in [0.1, 0.15) is 6.07 Å². The topological polar surface area (TPSA) is 61.1 Å². The van der Waals surface area contributed by atoms with Crippen LogP contribution in [0.25, 0.3) is 11.3 Å². The van der Waals surface area contributed by atoms with Crippen molar-refractivity contribution in [3.8, 4) is 17.3 Å². The lowest BCUT2D eigenvalue weighted by Crippen LogP contribution is -2.03. The third-order valence-corrected chi connectivity index (χ3v) is 5.28. The molecule has 0 bridgehead atoms. The SMILES string of the molecule is CCc1ccc(-c2csc(/C(C#N)=N\Nc3c(C)cc(C)cc3C)n2)cc1. The van der Waals surface area contributed by atoms with Gasteiger partial charge in [-0.05, 0) is 43.9 Å². The molecular formula is C22H22N4S. The van der Waals surface area contributed by atoms with Crippen LogP contribution < -0.4 is 5.43 Å². The molecule has 3 rings (SSSR count). The van der Waals surface area contributed by atoms with Crippen molar-refractivity contribution in [1.82, 2.24) is 4.98 Å². The molecule has 0 unspecified atom stereocenters. The highest BCUT2D eigenvalue weighted by molar-refractivity contribution is 7.12. The van der Waals surface area contributed by atoms with Gasteiger partial charge in [0.25, 0.3) is 0 Å². The van der Waals surface area contributed by atoms with Crippen molar-refractivity contribution in [2.24, 2.45) is 5.10 Å². The number of hydrogen-bond donors (Lipinski definition) is 1. The van der Waals surface area contributed by atoms with Crippen LogP contribution in [0.15, 0.2) is 46.9 Å². The Balaban J connectivity index is 1.85. The van der Waals surface area contributed by atoms with Crippen LogP contribution >= 0.6 is 11.3 Å². The number of hydrazone groups is 1. The second kappa shape index (κ2) is 8.15. The Kier molecular flexibility index (Phi) is 5.68. The van der Waals surface area contributed by atoms with E-state index in [0.717, 1.165) is 34.5 Å². The number of benzene rings is 2. The van der Waals surface area contributed by atoms with Gasteiger partial charge in [0.15, 0.2) is 10.7 Å². The van der Waals surface area contributed by atoms with Crippen molar-refractivity contribution >= 4 is 22.7 Å². The van der Waals surface area contributed by atoms with Gasteiger partial charge >= 0.3 is 0 Å². The molecule has 0 aliphatic carbocycles. The maximum absolute atomic E-state index is 9.53. The van der Waals surface area contributed by atoms with Crippen LogP contribution in [0.3, 0.4) is 0 Å². The molecular weight excluding hydrogens is 352 g/mol. The van der Waals surface area contributed by atoms with Crippen LogP contribution in [0.2, 0.25) is 0 Å². The molecule has 1 heterocycles. The molecule has 0 saturated heterocycles. The fourth-order valence-corrected chi connectivity index (χ4v) is 3.78. The summed E-state index contributed by atoms with van der Waals surface area (Å²) >= 11 is 1.43. The number of rotatable bonds is 5. The zero-order chi connectivity index (χ0) is 19.4. The van der Waals surface area contributed by atoms with Gasteiger partial charge in [-0.2, -0.15) is 10.4 Å².